The molecule has 1 aromatic rings. The van der Waals surface area contributed by atoms with Crippen molar-refractivity contribution in [1.29, 1.82) is 0 Å². The normalized spacial score (nSPS) is 17.8. The quantitative estimate of drug-likeness (QED) is 0.710. The van der Waals surface area contributed by atoms with E-state index in [2.05, 4.69) is 35.7 Å². The van der Waals surface area contributed by atoms with Crippen LogP contribution < -0.4 is 5.32 Å². The van der Waals surface area contributed by atoms with Crippen LogP contribution in [-0.2, 0) is 11.3 Å². The van der Waals surface area contributed by atoms with Crippen molar-refractivity contribution >= 4 is 5.69 Å². The molecule has 0 saturated heterocycles. The highest BCUT2D eigenvalue weighted by Gasteiger charge is 2.11. The summed E-state index contributed by atoms with van der Waals surface area (Å²) in [5, 5.41) is 3.46. The average molecular weight is 211 g/mol. The van der Waals surface area contributed by atoms with Crippen LogP contribution in [0.4, 0.5) is 5.69 Å². The second-order valence-electron chi connectivity index (χ2n) is 3.92. The highest BCUT2D eigenvalue weighted by atomic mass is 16.5. The fourth-order valence-electron chi connectivity index (χ4n) is 1.95. The van der Waals surface area contributed by atoms with Crippen molar-refractivity contribution in [2.45, 2.75) is 13.0 Å². The predicted molar refractivity (Wildman–Crippen MR) is 64.8 cm³/mol. The molecule has 1 N–H and O–H groups in total. The number of hydrogen-bond donors (Lipinski definition) is 1. The molecular formula is C14H13NO. The zero-order valence-electron chi connectivity index (χ0n) is 8.94. The molecule has 0 amide bonds. The molecule has 1 aliphatic carbocycles. The highest BCUT2D eigenvalue weighted by molar-refractivity contribution is 5.61. The van der Waals surface area contributed by atoms with Crippen LogP contribution in [0.15, 0.2) is 60.0 Å². The topological polar surface area (TPSA) is 21.3 Å². The molecule has 80 valence electrons. The predicted octanol–water partition coefficient (Wildman–Crippen LogP) is 3.36. The number of nitrogens with one attached hydrogen (secondary N) is 1. The number of allylic oxidation sites excluding steroid dienone is 3. The van der Waals surface area contributed by atoms with E-state index in [0.717, 1.165) is 23.4 Å². The molecule has 2 nitrogen and oxygen atoms in total. The van der Waals surface area contributed by atoms with E-state index in [1.165, 1.54) is 5.56 Å². The summed E-state index contributed by atoms with van der Waals surface area (Å²) in [4.78, 5) is 0. The Morgan fingerprint density at radius 2 is 2.12 bits per heavy atom. The number of ether oxygens (including phenoxy) is 1. The van der Waals surface area contributed by atoms with Crippen LogP contribution in [0.1, 0.15) is 12.0 Å². The molecule has 2 heteroatoms. The second-order valence-corrected chi connectivity index (χ2v) is 3.92. The Morgan fingerprint density at radius 1 is 1.19 bits per heavy atom. The maximum atomic E-state index is 5.58. The molecule has 0 aromatic heterocycles. The molecule has 0 bridgehead atoms. The third-order valence-corrected chi connectivity index (χ3v) is 2.80. The summed E-state index contributed by atoms with van der Waals surface area (Å²) < 4.78 is 5.58. The van der Waals surface area contributed by atoms with Crippen LogP contribution in [0.5, 0.6) is 0 Å². The monoisotopic (exact) mass is 211 g/mol. The van der Waals surface area contributed by atoms with Crippen LogP contribution in [-0.4, -0.2) is 0 Å². The second kappa shape index (κ2) is 3.89. The van der Waals surface area contributed by atoms with Crippen molar-refractivity contribution in [2.24, 2.45) is 0 Å². The maximum Gasteiger partial charge on any atom is 0.114 e. The van der Waals surface area contributed by atoms with Crippen LogP contribution >= 0.6 is 0 Å². The maximum absolute atomic E-state index is 5.58. The van der Waals surface area contributed by atoms with Gasteiger partial charge in [0.2, 0.25) is 0 Å². The Morgan fingerprint density at radius 3 is 3.12 bits per heavy atom. The van der Waals surface area contributed by atoms with Gasteiger partial charge in [0.1, 0.15) is 6.61 Å². The SMILES string of the molecule is C1=CC2=COCc3ccccc3NC2=CC1. The summed E-state index contributed by atoms with van der Waals surface area (Å²) in [6, 6.07) is 8.24. The van der Waals surface area contributed by atoms with E-state index >= 15 is 0 Å². The van der Waals surface area contributed by atoms with Crippen molar-refractivity contribution < 1.29 is 4.74 Å². The van der Waals surface area contributed by atoms with Gasteiger partial charge in [-0.1, -0.05) is 36.4 Å². The van der Waals surface area contributed by atoms with Crippen LogP contribution in [0.25, 0.3) is 0 Å². The Hall–Kier alpha value is -1.96. The summed E-state index contributed by atoms with van der Waals surface area (Å²) >= 11 is 0. The van der Waals surface area contributed by atoms with Gasteiger partial charge in [0.05, 0.1) is 6.26 Å². The lowest BCUT2D eigenvalue weighted by atomic mass is 10.1. The molecule has 0 fully saturated rings. The van der Waals surface area contributed by atoms with Gasteiger partial charge in [-0.15, -0.1) is 0 Å². The number of para-hydroxylation sites is 1. The van der Waals surface area contributed by atoms with Crippen molar-refractivity contribution in [3.63, 3.8) is 0 Å². The minimum absolute atomic E-state index is 0.619. The largest absolute Gasteiger partial charge is 0.496 e. The van der Waals surface area contributed by atoms with E-state index in [9.17, 15) is 0 Å². The molecule has 0 radical (unpaired) electrons. The minimum atomic E-state index is 0.619. The standard InChI is InChI=1S/C14H13NO/c1-3-7-13-11(5-1)9-16-10-12-6-2-4-8-14(12)15-13/h1-3,5-8,10,15H,4,9H2. The van der Waals surface area contributed by atoms with Gasteiger partial charge in [0.15, 0.2) is 0 Å². The number of hydrogen-bond acceptors (Lipinski definition) is 2. The Balaban J connectivity index is 2.01. The molecule has 1 aromatic carbocycles. The smallest absolute Gasteiger partial charge is 0.114 e. The zero-order valence-corrected chi connectivity index (χ0v) is 8.94. The zero-order chi connectivity index (χ0) is 10.8. The van der Waals surface area contributed by atoms with Gasteiger partial charge < -0.3 is 10.1 Å². The molecular weight excluding hydrogens is 198 g/mol. The minimum Gasteiger partial charge on any atom is -0.496 e. The number of benzene rings is 1. The van der Waals surface area contributed by atoms with Gasteiger partial charge in [0.25, 0.3) is 0 Å². The molecule has 0 saturated carbocycles. The third-order valence-electron chi connectivity index (χ3n) is 2.80. The van der Waals surface area contributed by atoms with Gasteiger partial charge in [-0.05, 0) is 12.5 Å². The fraction of sp³-hybridized carbons (Fsp3) is 0.143. The first kappa shape index (κ1) is 9.28. The molecule has 3 rings (SSSR count). The summed E-state index contributed by atoms with van der Waals surface area (Å²) in [7, 11) is 0. The fourth-order valence-corrected chi connectivity index (χ4v) is 1.95. The molecule has 1 heterocycles. The molecule has 2 aliphatic rings. The molecule has 0 unspecified atom stereocenters. The number of fused-ring (bicyclic) bond motifs is 2. The summed E-state index contributed by atoms with van der Waals surface area (Å²) in [5.74, 6) is 0. The highest BCUT2D eigenvalue weighted by Crippen LogP contribution is 2.26. The first-order chi connectivity index (χ1) is 7.93. The van der Waals surface area contributed by atoms with Gasteiger partial charge in [-0.2, -0.15) is 0 Å². The first-order valence-corrected chi connectivity index (χ1v) is 5.47. The van der Waals surface area contributed by atoms with Gasteiger partial charge in [-0.3, -0.25) is 0 Å². The van der Waals surface area contributed by atoms with Crippen LogP contribution in [0.2, 0.25) is 0 Å². The van der Waals surface area contributed by atoms with Crippen molar-refractivity contribution in [3.05, 3.63) is 65.6 Å². The van der Waals surface area contributed by atoms with Gasteiger partial charge in [0, 0.05) is 22.5 Å². The van der Waals surface area contributed by atoms with E-state index in [4.69, 9.17) is 4.74 Å². The number of anilines is 1. The van der Waals surface area contributed by atoms with E-state index in [-0.39, 0.29) is 0 Å². The Bertz CT molecular complexity index is 497. The van der Waals surface area contributed by atoms with Crippen LogP contribution in [0.3, 0.4) is 0 Å². The Kier molecular flexibility index (Phi) is 2.26. The molecule has 16 heavy (non-hydrogen) atoms. The lowest BCUT2D eigenvalue weighted by Gasteiger charge is -2.20. The van der Waals surface area contributed by atoms with Crippen molar-refractivity contribution in [2.75, 3.05) is 5.32 Å². The van der Waals surface area contributed by atoms with E-state index in [1.54, 1.807) is 0 Å². The van der Waals surface area contributed by atoms with Crippen molar-refractivity contribution in [3.8, 4) is 0 Å². The van der Waals surface area contributed by atoms with Crippen LogP contribution in [0, 0.1) is 0 Å². The number of rotatable bonds is 0. The lowest BCUT2D eigenvalue weighted by Crippen LogP contribution is -2.09. The summed E-state index contributed by atoms with van der Waals surface area (Å²) in [6.07, 6.45) is 9.20. The van der Waals surface area contributed by atoms with Gasteiger partial charge in [-0.25, -0.2) is 0 Å². The molecule has 0 atom stereocenters. The first-order valence-electron chi connectivity index (χ1n) is 5.47. The molecule has 1 aliphatic heterocycles. The lowest BCUT2D eigenvalue weighted by molar-refractivity contribution is 0.234. The van der Waals surface area contributed by atoms with E-state index < -0.39 is 0 Å². The molecule has 0 spiro atoms. The Labute approximate surface area is 94.9 Å². The summed E-state index contributed by atoms with van der Waals surface area (Å²) in [6.45, 7) is 0.619. The average Bonchev–Trinajstić information content (AvgIpc) is 2.29. The summed E-state index contributed by atoms with van der Waals surface area (Å²) in [5.41, 5.74) is 4.57. The van der Waals surface area contributed by atoms with E-state index in [0.29, 0.717) is 6.61 Å². The van der Waals surface area contributed by atoms with E-state index in [1.807, 2.05) is 18.4 Å². The van der Waals surface area contributed by atoms with Crippen molar-refractivity contribution in [1.82, 2.24) is 0 Å². The third kappa shape index (κ3) is 1.63. The van der Waals surface area contributed by atoms with Gasteiger partial charge >= 0.3 is 0 Å².